The van der Waals surface area contributed by atoms with Gasteiger partial charge in [-0.25, -0.2) is 9.42 Å². The number of aromatic nitrogens is 4. The summed E-state index contributed by atoms with van der Waals surface area (Å²) in [5.74, 6) is -0.978. The second kappa shape index (κ2) is 6.56. The number of hydrogen-bond donors (Lipinski definition) is 1. The summed E-state index contributed by atoms with van der Waals surface area (Å²) in [6.07, 6.45) is 4.14. The first kappa shape index (κ1) is 16.4. The molecule has 1 aliphatic rings. The van der Waals surface area contributed by atoms with Crippen molar-refractivity contribution < 1.29 is 14.5 Å². The standard InChI is InChI=1S/C16H21N5O3/c1-4-7-21-14-6-5-11(8-12(14)15(17-21)16(22)23)20(3)9-13-10(2)18-24-19-13/h4,11H,1,5-9H2,2-3H3,(H,22,23)/t11-/m1/s1. The quantitative estimate of drug-likeness (QED) is 0.800. The van der Waals surface area contributed by atoms with Gasteiger partial charge >= 0.3 is 5.97 Å². The van der Waals surface area contributed by atoms with Crippen LogP contribution in [0.3, 0.4) is 0 Å². The summed E-state index contributed by atoms with van der Waals surface area (Å²) in [4.78, 5) is 13.7. The van der Waals surface area contributed by atoms with Crippen molar-refractivity contribution in [2.75, 3.05) is 7.05 Å². The monoisotopic (exact) mass is 331 g/mol. The molecule has 0 spiro atoms. The Labute approximate surface area is 139 Å². The number of aryl methyl sites for hydroxylation is 1. The number of fused-ring (bicyclic) bond motifs is 1. The van der Waals surface area contributed by atoms with Crippen molar-refractivity contribution in [3.8, 4) is 0 Å². The summed E-state index contributed by atoms with van der Waals surface area (Å²) in [6, 6.07) is 0.230. The first-order chi connectivity index (χ1) is 11.5. The normalized spacial score (nSPS) is 17.0. The number of carbonyl (C=O) groups is 1. The van der Waals surface area contributed by atoms with Gasteiger partial charge in [0, 0.05) is 23.8 Å². The van der Waals surface area contributed by atoms with Crippen LogP contribution in [0.2, 0.25) is 0 Å². The zero-order chi connectivity index (χ0) is 17.3. The number of nitrogens with zero attached hydrogens (tertiary/aromatic N) is 5. The number of allylic oxidation sites excluding steroid dienone is 1. The van der Waals surface area contributed by atoms with Gasteiger partial charge in [0.25, 0.3) is 0 Å². The van der Waals surface area contributed by atoms with Crippen molar-refractivity contribution in [3.63, 3.8) is 0 Å². The van der Waals surface area contributed by atoms with Crippen LogP contribution in [-0.4, -0.2) is 49.2 Å². The lowest BCUT2D eigenvalue weighted by Crippen LogP contribution is -2.36. The molecular formula is C16H21N5O3. The molecule has 0 saturated heterocycles. The highest BCUT2D eigenvalue weighted by Crippen LogP contribution is 2.28. The molecule has 1 atom stereocenters. The first-order valence-corrected chi connectivity index (χ1v) is 7.92. The van der Waals surface area contributed by atoms with Crippen LogP contribution in [0.25, 0.3) is 0 Å². The summed E-state index contributed by atoms with van der Waals surface area (Å²) in [5.41, 5.74) is 3.59. The van der Waals surface area contributed by atoms with Crippen LogP contribution in [0.1, 0.15) is 39.6 Å². The zero-order valence-electron chi connectivity index (χ0n) is 13.9. The maximum atomic E-state index is 11.5. The number of likely N-dealkylation sites (N-methyl/N-ethyl adjacent to an activating group) is 1. The topological polar surface area (TPSA) is 97.3 Å². The van der Waals surface area contributed by atoms with Crippen molar-refractivity contribution in [2.45, 2.75) is 45.3 Å². The Kier molecular flexibility index (Phi) is 4.48. The van der Waals surface area contributed by atoms with E-state index in [1.165, 1.54) is 0 Å². The maximum absolute atomic E-state index is 11.5. The molecular weight excluding hydrogens is 310 g/mol. The molecule has 2 heterocycles. The van der Waals surface area contributed by atoms with Gasteiger partial charge in [-0.3, -0.25) is 9.58 Å². The Hall–Kier alpha value is -2.48. The molecule has 8 nitrogen and oxygen atoms in total. The molecule has 2 aromatic heterocycles. The number of carboxylic acid groups (broad SMARTS) is 1. The first-order valence-electron chi connectivity index (χ1n) is 7.92. The highest BCUT2D eigenvalue weighted by atomic mass is 16.6. The highest BCUT2D eigenvalue weighted by molar-refractivity contribution is 5.87. The van der Waals surface area contributed by atoms with E-state index in [0.717, 1.165) is 35.5 Å². The molecule has 0 radical (unpaired) electrons. The highest BCUT2D eigenvalue weighted by Gasteiger charge is 2.30. The molecule has 0 saturated carbocycles. The smallest absolute Gasteiger partial charge is 0.356 e. The zero-order valence-corrected chi connectivity index (χ0v) is 13.9. The van der Waals surface area contributed by atoms with Gasteiger partial charge in [0.05, 0.1) is 6.54 Å². The summed E-state index contributed by atoms with van der Waals surface area (Å²) < 4.78 is 6.50. The van der Waals surface area contributed by atoms with Crippen LogP contribution >= 0.6 is 0 Å². The molecule has 24 heavy (non-hydrogen) atoms. The minimum atomic E-state index is -0.978. The van der Waals surface area contributed by atoms with E-state index in [1.54, 1.807) is 10.8 Å². The minimum absolute atomic E-state index is 0.157. The van der Waals surface area contributed by atoms with E-state index in [9.17, 15) is 9.90 Å². The van der Waals surface area contributed by atoms with Gasteiger partial charge in [-0.1, -0.05) is 16.4 Å². The molecule has 0 aromatic carbocycles. The second-order valence-corrected chi connectivity index (χ2v) is 6.16. The van der Waals surface area contributed by atoms with Gasteiger partial charge in [0.1, 0.15) is 11.4 Å². The van der Waals surface area contributed by atoms with Crippen LogP contribution in [0.15, 0.2) is 17.3 Å². The average molecular weight is 331 g/mol. The van der Waals surface area contributed by atoms with Crippen molar-refractivity contribution in [2.24, 2.45) is 0 Å². The molecule has 128 valence electrons. The van der Waals surface area contributed by atoms with Crippen LogP contribution in [0, 0.1) is 6.92 Å². The van der Waals surface area contributed by atoms with Crippen molar-refractivity contribution in [1.29, 1.82) is 0 Å². The Bertz CT molecular complexity index is 764. The Morgan fingerprint density at radius 1 is 1.54 bits per heavy atom. The third-order valence-corrected chi connectivity index (χ3v) is 4.59. The van der Waals surface area contributed by atoms with Gasteiger partial charge in [0.15, 0.2) is 5.69 Å². The van der Waals surface area contributed by atoms with Gasteiger partial charge < -0.3 is 5.11 Å². The molecule has 0 fully saturated rings. The Morgan fingerprint density at radius 2 is 2.33 bits per heavy atom. The fourth-order valence-corrected chi connectivity index (χ4v) is 3.25. The van der Waals surface area contributed by atoms with E-state index < -0.39 is 5.97 Å². The molecule has 3 rings (SSSR count). The number of carboxylic acids is 1. The molecule has 1 aliphatic carbocycles. The summed E-state index contributed by atoms with van der Waals surface area (Å²) in [5, 5.41) is 21.4. The molecule has 0 aliphatic heterocycles. The number of aromatic carboxylic acids is 1. The molecule has 0 unspecified atom stereocenters. The Morgan fingerprint density at radius 3 is 2.96 bits per heavy atom. The van der Waals surface area contributed by atoms with Gasteiger partial charge in [-0.05, 0) is 33.2 Å². The van der Waals surface area contributed by atoms with E-state index in [-0.39, 0.29) is 11.7 Å². The van der Waals surface area contributed by atoms with Gasteiger partial charge in [-0.15, -0.1) is 6.58 Å². The van der Waals surface area contributed by atoms with Crippen molar-refractivity contribution in [1.82, 2.24) is 25.0 Å². The van der Waals surface area contributed by atoms with E-state index >= 15 is 0 Å². The van der Waals surface area contributed by atoms with Crippen LogP contribution in [-0.2, 0) is 25.9 Å². The van der Waals surface area contributed by atoms with E-state index in [4.69, 9.17) is 4.63 Å². The average Bonchev–Trinajstić information content (AvgIpc) is 3.12. The SMILES string of the molecule is C=CCn1nc(C(=O)O)c2c1CC[C@@H](N(C)Cc1nonc1C)C2. The lowest BCUT2D eigenvalue weighted by atomic mass is 9.90. The van der Waals surface area contributed by atoms with Crippen molar-refractivity contribution >= 4 is 5.97 Å². The third kappa shape index (κ3) is 2.96. The molecule has 0 amide bonds. The third-order valence-electron chi connectivity index (χ3n) is 4.59. The summed E-state index contributed by atoms with van der Waals surface area (Å²) >= 11 is 0. The van der Waals surface area contributed by atoms with Gasteiger partial charge in [-0.2, -0.15) is 5.10 Å². The second-order valence-electron chi connectivity index (χ2n) is 6.16. The van der Waals surface area contributed by atoms with E-state index in [0.29, 0.717) is 19.5 Å². The number of hydrogen-bond acceptors (Lipinski definition) is 6. The van der Waals surface area contributed by atoms with E-state index in [2.05, 4.69) is 26.9 Å². The van der Waals surface area contributed by atoms with Gasteiger partial charge in [0.2, 0.25) is 0 Å². The predicted molar refractivity (Wildman–Crippen MR) is 85.7 cm³/mol. The van der Waals surface area contributed by atoms with Crippen molar-refractivity contribution in [3.05, 3.63) is 41.0 Å². The van der Waals surface area contributed by atoms with Crippen LogP contribution < -0.4 is 0 Å². The Balaban J connectivity index is 1.81. The fourth-order valence-electron chi connectivity index (χ4n) is 3.25. The summed E-state index contributed by atoms with van der Waals surface area (Å²) in [6.45, 7) is 6.73. The van der Waals surface area contributed by atoms with E-state index in [1.807, 2.05) is 14.0 Å². The summed E-state index contributed by atoms with van der Waals surface area (Å²) in [7, 11) is 2.01. The molecule has 2 aromatic rings. The molecule has 8 heteroatoms. The predicted octanol–water partition coefficient (Wildman–Crippen LogP) is 1.45. The molecule has 0 bridgehead atoms. The maximum Gasteiger partial charge on any atom is 0.356 e. The lowest BCUT2D eigenvalue weighted by Gasteiger charge is -2.31. The van der Waals surface area contributed by atoms with Crippen LogP contribution in [0.5, 0.6) is 0 Å². The lowest BCUT2D eigenvalue weighted by molar-refractivity contribution is 0.0687. The fraction of sp³-hybridized carbons (Fsp3) is 0.500. The minimum Gasteiger partial charge on any atom is -0.476 e. The largest absolute Gasteiger partial charge is 0.476 e. The van der Waals surface area contributed by atoms with Crippen LogP contribution in [0.4, 0.5) is 0 Å². The number of rotatable bonds is 6. The molecule has 1 N–H and O–H groups in total.